The van der Waals surface area contributed by atoms with Gasteiger partial charge in [0.1, 0.15) is 4.32 Å². The Morgan fingerprint density at radius 3 is 2.62 bits per heavy atom. The molecule has 0 aliphatic carbocycles. The van der Waals surface area contributed by atoms with Crippen LogP contribution < -0.4 is 5.32 Å². The number of thioether (sulfide) groups is 1. The van der Waals surface area contributed by atoms with Crippen molar-refractivity contribution in [3.8, 4) is 0 Å². The van der Waals surface area contributed by atoms with Crippen LogP contribution in [0.15, 0.2) is 30.3 Å². The number of nitrogens with one attached hydrogen (secondary N) is 1. The fraction of sp³-hybridized carbons (Fsp3) is 0.300. The Bertz CT molecular complexity index is 323. The van der Waals surface area contributed by atoms with Crippen LogP contribution in [0.3, 0.4) is 0 Å². The zero-order chi connectivity index (χ0) is 9.31. The molecule has 0 saturated carbocycles. The first kappa shape index (κ1) is 9.03. The van der Waals surface area contributed by atoms with Crippen molar-refractivity contribution in [1.82, 2.24) is 5.32 Å². The molecule has 0 radical (unpaired) electrons. The molecule has 68 valence electrons. The molecular weight excluding hydrogens is 198 g/mol. The van der Waals surface area contributed by atoms with Crippen LogP contribution in [-0.4, -0.2) is 10.9 Å². The first-order chi connectivity index (χ1) is 6.21. The highest BCUT2D eigenvalue weighted by molar-refractivity contribution is 8.23. The van der Waals surface area contributed by atoms with Gasteiger partial charge in [-0.1, -0.05) is 54.3 Å². The number of benzene rings is 1. The van der Waals surface area contributed by atoms with Crippen molar-refractivity contribution >= 4 is 28.3 Å². The standard InChI is InChI=1S/C10H11NS2/c1-10(7-11-9(12)13-10)8-5-3-2-4-6-8/h2-6H,7H2,1H3,(H,11,12). The molecule has 1 aromatic rings. The Balaban J connectivity index is 2.31. The molecule has 1 atom stereocenters. The minimum atomic E-state index is 0.123. The summed E-state index contributed by atoms with van der Waals surface area (Å²) in [6.07, 6.45) is 0. The molecule has 1 nitrogen and oxygen atoms in total. The van der Waals surface area contributed by atoms with Gasteiger partial charge in [0.05, 0.1) is 4.75 Å². The van der Waals surface area contributed by atoms with Gasteiger partial charge in [-0.25, -0.2) is 0 Å². The van der Waals surface area contributed by atoms with Gasteiger partial charge in [-0.15, -0.1) is 0 Å². The summed E-state index contributed by atoms with van der Waals surface area (Å²) in [5, 5.41) is 3.20. The van der Waals surface area contributed by atoms with E-state index < -0.39 is 0 Å². The van der Waals surface area contributed by atoms with Crippen LogP contribution in [0.1, 0.15) is 12.5 Å². The van der Waals surface area contributed by atoms with Crippen molar-refractivity contribution in [3.05, 3.63) is 35.9 Å². The lowest BCUT2D eigenvalue weighted by molar-refractivity contribution is 0.686. The second-order valence-corrected chi connectivity index (χ2v) is 5.52. The van der Waals surface area contributed by atoms with Crippen molar-refractivity contribution in [3.63, 3.8) is 0 Å². The van der Waals surface area contributed by atoms with E-state index in [0.29, 0.717) is 0 Å². The summed E-state index contributed by atoms with van der Waals surface area (Å²) in [4.78, 5) is 0. The average Bonchev–Trinajstić information content (AvgIpc) is 2.49. The number of hydrogen-bond donors (Lipinski definition) is 1. The maximum Gasteiger partial charge on any atom is 0.134 e. The number of rotatable bonds is 1. The molecule has 1 N–H and O–H groups in total. The third kappa shape index (κ3) is 1.71. The third-order valence-corrected chi connectivity index (χ3v) is 3.83. The summed E-state index contributed by atoms with van der Waals surface area (Å²) in [6.45, 7) is 3.15. The minimum absolute atomic E-state index is 0.123. The van der Waals surface area contributed by atoms with Crippen LogP contribution in [0.2, 0.25) is 0 Å². The molecule has 1 saturated heterocycles. The van der Waals surface area contributed by atoms with Crippen molar-refractivity contribution in [2.24, 2.45) is 0 Å². The van der Waals surface area contributed by atoms with Gasteiger partial charge < -0.3 is 5.32 Å². The predicted octanol–water partition coefficient (Wildman–Crippen LogP) is 2.52. The summed E-state index contributed by atoms with van der Waals surface area (Å²) in [5.41, 5.74) is 1.34. The molecule has 3 heteroatoms. The van der Waals surface area contributed by atoms with Crippen molar-refractivity contribution in [2.75, 3.05) is 6.54 Å². The van der Waals surface area contributed by atoms with Crippen LogP contribution in [0, 0.1) is 0 Å². The maximum absolute atomic E-state index is 5.12. The summed E-state index contributed by atoms with van der Waals surface area (Å²) in [5.74, 6) is 0. The van der Waals surface area contributed by atoms with E-state index in [1.807, 2.05) is 6.07 Å². The first-order valence-corrected chi connectivity index (χ1v) is 5.45. The number of hydrogen-bond acceptors (Lipinski definition) is 2. The van der Waals surface area contributed by atoms with Crippen molar-refractivity contribution in [2.45, 2.75) is 11.7 Å². The highest BCUT2D eigenvalue weighted by Gasteiger charge is 2.34. The van der Waals surface area contributed by atoms with Gasteiger partial charge in [-0.3, -0.25) is 0 Å². The first-order valence-electron chi connectivity index (χ1n) is 4.23. The van der Waals surface area contributed by atoms with E-state index in [-0.39, 0.29) is 4.75 Å². The van der Waals surface area contributed by atoms with E-state index in [1.54, 1.807) is 11.8 Å². The average molecular weight is 209 g/mol. The molecule has 1 aliphatic heterocycles. The lowest BCUT2D eigenvalue weighted by Crippen LogP contribution is -2.23. The highest BCUT2D eigenvalue weighted by Crippen LogP contribution is 2.39. The van der Waals surface area contributed by atoms with Crippen LogP contribution in [0.5, 0.6) is 0 Å². The Morgan fingerprint density at radius 1 is 1.38 bits per heavy atom. The SMILES string of the molecule is CC1(c2ccccc2)CNC(=S)S1. The van der Waals surface area contributed by atoms with Crippen LogP contribution >= 0.6 is 24.0 Å². The van der Waals surface area contributed by atoms with E-state index in [9.17, 15) is 0 Å². The molecular formula is C10H11NS2. The van der Waals surface area contributed by atoms with E-state index in [2.05, 4.69) is 36.5 Å². The van der Waals surface area contributed by atoms with Gasteiger partial charge in [0.15, 0.2) is 0 Å². The highest BCUT2D eigenvalue weighted by atomic mass is 32.2. The quantitative estimate of drug-likeness (QED) is 0.714. The molecule has 1 unspecified atom stereocenters. The van der Waals surface area contributed by atoms with Gasteiger partial charge in [0.2, 0.25) is 0 Å². The molecule has 0 aromatic heterocycles. The Labute approximate surface area is 87.9 Å². The molecule has 0 amide bonds. The van der Waals surface area contributed by atoms with Gasteiger partial charge in [0, 0.05) is 6.54 Å². The predicted molar refractivity (Wildman–Crippen MR) is 62.0 cm³/mol. The normalized spacial score (nSPS) is 27.3. The summed E-state index contributed by atoms with van der Waals surface area (Å²) < 4.78 is 1.03. The second-order valence-electron chi connectivity index (χ2n) is 3.34. The fourth-order valence-corrected chi connectivity index (χ4v) is 3.05. The molecule has 0 bridgehead atoms. The van der Waals surface area contributed by atoms with Crippen LogP contribution in [0.4, 0.5) is 0 Å². The topological polar surface area (TPSA) is 12.0 Å². The monoisotopic (exact) mass is 209 g/mol. The van der Waals surface area contributed by atoms with Crippen LogP contribution in [0.25, 0.3) is 0 Å². The maximum atomic E-state index is 5.12. The zero-order valence-corrected chi connectivity index (χ0v) is 9.04. The number of thiocarbonyl (C=S) groups is 1. The molecule has 1 fully saturated rings. The largest absolute Gasteiger partial charge is 0.369 e. The lowest BCUT2D eigenvalue weighted by Gasteiger charge is -2.20. The minimum Gasteiger partial charge on any atom is -0.369 e. The Kier molecular flexibility index (Phi) is 2.30. The van der Waals surface area contributed by atoms with Gasteiger partial charge in [-0.2, -0.15) is 0 Å². The summed E-state index contributed by atoms with van der Waals surface area (Å²) in [6, 6.07) is 10.5. The van der Waals surface area contributed by atoms with Gasteiger partial charge >= 0.3 is 0 Å². The zero-order valence-electron chi connectivity index (χ0n) is 7.41. The molecule has 0 spiro atoms. The van der Waals surface area contributed by atoms with Crippen molar-refractivity contribution < 1.29 is 0 Å². The molecule has 2 rings (SSSR count). The molecule has 13 heavy (non-hydrogen) atoms. The van der Waals surface area contributed by atoms with Crippen LogP contribution in [-0.2, 0) is 4.75 Å². The van der Waals surface area contributed by atoms with E-state index >= 15 is 0 Å². The van der Waals surface area contributed by atoms with Crippen molar-refractivity contribution in [1.29, 1.82) is 0 Å². The fourth-order valence-electron chi connectivity index (χ4n) is 1.47. The molecule has 1 aliphatic rings. The van der Waals surface area contributed by atoms with Gasteiger partial charge in [0.25, 0.3) is 0 Å². The van der Waals surface area contributed by atoms with Gasteiger partial charge in [-0.05, 0) is 12.5 Å². The summed E-state index contributed by atoms with van der Waals surface area (Å²) >= 11 is 6.86. The smallest absolute Gasteiger partial charge is 0.134 e. The van der Waals surface area contributed by atoms with E-state index in [4.69, 9.17) is 12.2 Å². The second kappa shape index (κ2) is 3.31. The Hall–Kier alpha value is -0.540. The summed E-state index contributed by atoms with van der Waals surface area (Å²) in [7, 11) is 0. The third-order valence-electron chi connectivity index (χ3n) is 2.27. The molecule has 1 aromatic carbocycles. The van der Waals surface area contributed by atoms with E-state index in [1.165, 1.54) is 5.56 Å². The Morgan fingerprint density at radius 2 is 2.08 bits per heavy atom. The molecule has 1 heterocycles. The lowest BCUT2D eigenvalue weighted by atomic mass is 10.0. The van der Waals surface area contributed by atoms with E-state index in [0.717, 1.165) is 10.9 Å².